The third-order valence-corrected chi connectivity index (χ3v) is 5.42. The third kappa shape index (κ3) is 3.29. The molecule has 1 aliphatic heterocycles. The van der Waals surface area contributed by atoms with Gasteiger partial charge in [-0.1, -0.05) is 6.07 Å². The number of H-pyrrole nitrogens is 1. The zero-order valence-electron chi connectivity index (χ0n) is 13.0. The lowest BCUT2D eigenvalue weighted by Gasteiger charge is -2.33. The van der Waals surface area contributed by atoms with Crippen LogP contribution in [-0.4, -0.2) is 40.0 Å². The molecule has 0 saturated carbocycles. The Balaban J connectivity index is 1.70. The predicted octanol–water partition coefficient (Wildman–Crippen LogP) is 2.08. The Labute approximate surface area is 138 Å². The number of likely N-dealkylation sites (tertiary alicyclic amines) is 1. The van der Waals surface area contributed by atoms with Gasteiger partial charge in [0.15, 0.2) is 0 Å². The molecule has 23 heavy (non-hydrogen) atoms. The number of primary amides is 1. The van der Waals surface area contributed by atoms with E-state index < -0.39 is 5.91 Å². The molecule has 7 heteroatoms. The molecule has 6 nitrogen and oxygen atoms in total. The average molecular weight is 332 g/mol. The van der Waals surface area contributed by atoms with Crippen molar-refractivity contribution >= 4 is 23.2 Å². The van der Waals surface area contributed by atoms with Crippen LogP contribution in [0.5, 0.6) is 0 Å². The highest BCUT2D eigenvalue weighted by Gasteiger charge is 2.29. The van der Waals surface area contributed by atoms with Crippen molar-refractivity contribution in [2.45, 2.75) is 31.6 Å². The van der Waals surface area contributed by atoms with E-state index in [0.717, 1.165) is 30.0 Å². The first-order valence-electron chi connectivity index (χ1n) is 7.73. The fourth-order valence-electron chi connectivity index (χ4n) is 3.04. The van der Waals surface area contributed by atoms with Gasteiger partial charge in [-0.05, 0) is 37.3 Å². The van der Waals surface area contributed by atoms with Gasteiger partial charge in [0.1, 0.15) is 5.69 Å². The van der Waals surface area contributed by atoms with Crippen molar-refractivity contribution in [2.24, 2.45) is 5.73 Å². The van der Waals surface area contributed by atoms with Crippen LogP contribution < -0.4 is 5.73 Å². The number of amides is 2. The van der Waals surface area contributed by atoms with Gasteiger partial charge in [0, 0.05) is 29.6 Å². The molecule has 2 aromatic rings. The van der Waals surface area contributed by atoms with Crippen molar-refractivity contribution < 1.29 is 9.59 Å². The van der Waals surface area contributed by atoms with Crippen molar-refractivity contribution in [1.82, 2.24) is 15.1 Å². The smallest absolute Gasteiger partial charge is 0.269 e. The molecular weight excluding hydrogens is 312 g/mol. The molecule has 0 bridgehead atoms. The summed E-state index contributed by atoms with van der Waals surface area (Å²) in [5.41, 5.74) is 6.36. The van der Waals surface area contributed by atoms with Gasteiger partial charge in [-0.3, -0.25) is 14.7 Å². The van der Waals surface area contributed by atoms with Crippen molar-refractivity contribution in [3.63, 3.8) is 0 Å². The summed E-state index contributed by atoms with van der Waals surface area (Å²) in [6.45, 7) is 3.38. The van der Waals surface area contributed by atoms with Gasteiger partial charge in [0.05, 0.1) is 5.92 Å². The average Bonchev–Trinajstić information content (AvgIpc) is 3.25. The van der Waals surface area contributed by atoms with Crippen molar-refractivity contribution in [1.29, 1.82) is 0 Å². The number of aromatic amines is 1. The number of thiophene rings is 1. The Morgan fingerprint density at radius 1 is 1.52 bits per heavy atom. The van der Waals surface area contributed by atoms with Crippen LogP contribution in [0.1, 0.15) is 52.7 Å². The van der Waals surface area contributed by atoms with Crippen molar-refractivity contribution in [2.75, 3.05) is 13.1 Å². The first-order valence-corrected chi connectivity index (χ1v) is 8.61. The molecular formula is C16H20N4O2S. The van der Waals surface area contributed by atoms with Gasteiger partial charge >= 0.3 is 0 Å². The largest absolute Gasteiger partial charge is 0.364 e. The standard InChI is InChI=1S/C16H20N4O2S/c1-10(14-5-3-7-23-14)16(22)20-6-2-4-11(9-20)12-8-13(15(17)21)19-18-12/h3,5,7-8,10-11H,2,4,6,9H2,1H3,(H2,17,21)(H,18,19)/t10-,11-/m0/s1. The Morgan fingerprint density at radius 3 is 3.00 bits per heavy atom. The zero-order chi connectivity index (χ0) is 16.4. The fourth-order valence-corrected chi connectivity index (χ4v) is 3.81. The van der Waals surface area contributed by atoms with Crippen LogP contribution >= 0.6 is 11.3 Å². The number of carbonyl (C=O) groups is 2. The van der Waals surface area contributed by atoms with Crippen LogP contribution in [0.25, 0.3) is 0 Å². The summed E-state index contributed by atoms with van der Waals surface area (Å²) in [5.74, 6) is -0.324. The maximum Gasteiger partial charge on any atom is 0.269 e. The molecule has 2 aromatic heterocycles. The number of hydrogen-bond acceptors (Lipinski definition) is 4. The molecule has 0 radical (unpaired) electrons. The van der Waals surface area contributed by atoms with E-state index in [0.29, 0.717) is 6.54 Å². The van der Waals surface area contributed by atoms with Crippen LogP contribution in [0.3, 0.4) is 0 Å². The zero-order valence-corrected chi connectivity index (χ0v) is 13.8. The summed E-state index contributed by atoms with van der Waals surface area (Å²) in [6.07, 6.45) is 1.91. The number of piperidine rings is 1. The van der Waals surface area contributed by atoms with E-state index in [1.54, 1.807) is 17.4 Å². The van der Waals surface area contributed by atoms with Gasteiger partial charge < -0.3 is 10.6 Å². The molecule has 2 amide bonds. The quantitative estimate of drug-likeness (QED) is 0.898. The normalized spacial score (nSPS) is 19.5. The molecule has 1 fully saturated rings. The van der Waals surface area contributed by atoms with Crippen LogP contribution in [0.4, 0.5) is 0 Å². The highest BCUT2D eigenvalue weighted by molar-refractivity contribution is 7.10. The SMILES string of the molecule is C[C@H](C(=O)N1CCC[C@H](c2cc(C(N)=O)n[nH]2)C1)c1cccs1. The summed E-state index contributed by atoms with van der Waals surface area (Å²) >= 11 is 1.61. The Bertz CT molecular complexity index is 695. The topological polar surface area (TPSA) is 92.1 Å². The van der Waals surface area contributed by atoms with E-state index in [-0.39, 0.29) is 23.4 Å². The Hall–Kier alpha value is -2.15. The van der Waals surface area contributed by atoms with E-state index in [4.69, 9.17) is 5.73 Å². The fraction of sp³-hybridized carbons (Fsp3) is 0.438. The van der Waals surface area contributed by atoms with Gasteiger partial charge in [-0.25, -0.2) is 0 Å². The molecule has 0 aromatic carbocycles. The Kier molecular flexibility index (Phi) is 4.47. The first-order chi connectivity index (χ1) is 11.1. The molecule has 1 aliphatic rings. The van der Waals surface area contributed by atoms with Crippen LogP contribution in [0.2, 0.25) is 0 Å². The Morgan fingerprint density at radius 2 is 2.35 bits per heavy atom. The molecule has 0 aliphatic carbocycles. The lowest BCUT2D eigenvalue weighted by molar-refractivity contribution is -0.133. The molecule has 0 unspecified atom stereocenters. The van der Waals surface area contributed by atoms with E-state index in [1.165, 1.54) is 0 Å². The van der Waals surface area contributed by atoms with Crippen LogP contribution in [-0.2, 0) is 4.79 Å². The maximum atomic E-state index is 12.7. The second kappa shape index (κ2) is 6.54. The summed E-state index contributed by atoms with van der Waals surface area (Å²) in [6, 6.07) is 5.67. The summed E-state index contributed by atoms with van der Waals surface area (Å²) in [5, 5.41) is 8.82. The van der Waals surface area contributed by atoms with E-state index in [9.17, 15) is 9.59 Å². The minimum absolute atomic E-state index is 0.114. The lowest BCUT2D eigenvalue weighted by atomic mass is 9.93. The summed E-state index contributed by atoms with van der Waals surface area (Å²) in [7, 11) is 0. The summed E-state index contributed by atoms with van der Waals surface area (Å²) in [4.78, 5) is 26.9. The number of hydrogen-bond donors (Lipinski definition) is 2. The number of carbonyl (C=O) groups excluding carboxylic acids is 2. The minimum Gasteiger partial charge on any atom is -0.364 e. The third-order valence-electron chi connectivity index (χ3n) is 4.36. The second-order valence-corrected chi connectivity index (χ2v) is 6.91. The number of nitrogens with zero attached hydrogens (tertiary/aromatic N) is 2. The van der Waals surface area contributed by atoms with Crippen molar-refractivity contribution in [3.05, 3.63) is 39.8 Å². The predicted molar refractivity (Wildman–Crippen MR) is 88.4 cm³/mol. The molecule has 122 valence electrons. The molecule has 3 N–H and O–H groups in total. The van der Waals surface area contributed by atoms with E-state index in [2.05, 4.69) is 10.2 Å². The highest BCUT2D eigenvalue weighted by Crippen LogP contribution is 2.29. The van der Waals surface area contributed by atoms with Gasteiger partial charge in [-0.2, -0.15) is 5.10 Å². The first kappa shape index (κ1) is 15.7. The van der Waals surface area contributed by atoms with Crippen LogP contribution in [0.15, 0.2) is 23.6 Å². The van der Waals surface area contributed by atoms with Gasteiger partial charge in [0.2, 0.25) is 5.91 Å². The lowest BCUT2D eigenvalue weighted by Crippen LogP contribution is -2.41. The highest BCUT2D eigenvalue weighted by atomic mass is 32.1. The number of aromatic nitrogens is 2. The molecule has 0 spiro atoms. The number of rotatable bonds is 4. The van der Waals surface area contributed by atoms with Crippen molar-refractivity contribution in [3.8, 4) is 0 Å². The van der Waals surface area contributed by atoms with Gasteiger partial charge in [0.25, 0.3) is 5.91 Å². The number of nitrogens with two attached hydrogens (primary N) is 1. The molecule has 3 heterocycles. The maximum absolute atomic E-state index is 12.7. The second-order valence-electron chi connectivity index (χ2n) is 5.93. The van der Waals surface area contributed by atoms with Crippen LogP contribution in [0, 0.1) is 0 Å². The van der Waals surface area contributed by atoms with E-state index in [1.807, 2.05) is 29.3 Å². The van der Waals surface area contributed by atoms with Gasteiger partial charge in [-0.15, -0.1) is 11.3 Å². The summed E-state index contributed by atoms with van der Waals surface area (Å²) < 4.78 is 0. The monoisotopic (exact) mass is 332 g/mol. The minimum atomic E-state index is -0.539. The molecule has 1 saturated heterocycles. The molecule has 2 atom stereocenters. The molecule has 3 rings (SSSR count). The van der Waals surface area contributed by atoms with E-state index >= 15 is 0 Å². The number of nitrogens with one attached hydrogen (secondary N) is 1.